The first-order valence-corrected chi connectivity index (χ1v) is 10.4. The summed E-state index contributed by atoms with van der Waals surface area (Å²) in [6, 6.07) is 0. The first-order chi connectivity index (χ1) is 11.2. The van der Waals surface area contributed by atoms with Crippen molar-refractivity contribution in [3.8, 4) is 0 Å². The van der Waals surface area contributed by atoms with Gasteiger partial charge in [-0.1, -0.05) is 110 Å². The van der Waals surface area contributed by atoms with Crippen LogP contribution in [0, 0.1) is 5.92 Å². The number of carboxylic acid groups (broad SMARTS) is 1. The minimum Gasteiger partial charge on any atom is -0.481 e. The summed E-state index contributed by atoms with van der Waals surface area (Å²) in [5.41, 5.74) is 0. The van der Waals surface area contributed by atoms with E-state index in [1.165, 1.54) is 89.9 Å². The van der Waals surface area contributed by atoms with E-state index in [4.69, 9.17) is 5.11 Å². The van der Waals surface area contributed by atoms with Crippen LogP contribution < -0.4 is 0 Å². The first kappa shape index (κ1) is 22.5. The second kappa shape index (κ2) is 17.8. The summed E-state index contributed by atoms with van der Waals surface area (Å²) < 4.78 is 0. The summed E-state index contributed by atoms with van der Waals surface area (Å²) in [6.07, 6.45) is 21.6. The zero-order chi connectivity index (χ0) is 17.2. The van der Waals surface area contributed by atoms with Gasteiger partial charge >= 0.3 is 5.97 Å². The molecule has 23 heavy (non-hydrogen) atoms. The van der Waals surface area contributed by atoms with Crippen molar-refractivity contribution in [1.82, 2.24) is 0 Å². The van der Waals surface area contributed by atoms with Gasteiger partial charge in [0.1, 0.15) is 0 Å². The van der Waals surface area contributed by atoms with Crippen LogP contribution >= 0.6 is 0 Å². The number of rotatable bonds is 18. The molecule has 0 rings (SSSR count). The van der Waals surface area contributed by atoms with Gasteiger partial charge < -0.3 is 5.11 Å². The lowest BCUT2D eigenvalue weighted by Gasteiger charge is -2.11. The van der Waals surface area contributed by atoms with Crippen LogP contribution in [0.15, 0.2) is 0 Å². The van der Waals surface area contributed by atoms with E-state index in [0.29, 0.717) is 6.42 Å². The average molecular weight is 327 g/mol. The van der Waals surface area contributed by atoms with E-state index in [1.54, 1.807) is 0 Å². The van der Waals surface area contributed by atoms with Gasteiger partial charge in [0.05, 0.1) is 0 Å². The highest BCUT2D eigenvalue weighted by Gasteiger charge is 2.02. The highest BCUT2D eigenvalue weighted by Crippen LogP contribution is 2.18. The minimum atomic E-state index is -0.653. The molecular weight excluding hydrogens is 284 g/mol. The Morgan fingerprint density at radius 2 is 1.09 bits per heavy atom. The molecule has 0 aliphatic carbocycles. The largest absolute Gasteiger partial charge is 0.481 e. The number of unbranched alkanes of at least 4 members (excludes halogenated alkanes) is 12. The van der Waals surface area contributed by atoms with Gasteiger partial charge in [-0.2, -0.15) is 0 Å². The predicted octanol–water partition coefficient (Wildman–Crippen LogP) is 7.36. The molecule has 2 nitrogen and oxygen atoms in total. The van der Waals surface area contributed by atoms with Crippen molar-refractivity contribution in [2.75, 3.05) is 0 Å². The van der Waals surface area contributed by atoms with Crippen molar-refractivity contribution in [2.45, 2.75) is 123 Å². The molecule has 0 aromatic carbocycles. The first-order valence-electron chi connectivity index (χ1n) is 10.4. The second-order valence-corrected chi connectivity index (χ2v) is 7.42. The SMILES string of the molecule is CCCCCCCC(C)CCCCCCCCCCCC(=O)O. The van der Waals surface area contributed by atoms with Crippen LogP contribution in [-0.4, -0.2) is 11.1 Å². The van der Waals surface area contributed by atoms with Crippen LogP contribution in [0.25, 0.3) is 0 Å². The fourth-order valence-electron chi connectivity index (χ4n) is 3.25. The summed E-state index contributed by atoms with van der Waals surface area (Å²) in [5, 5.41) is 8.56. The fourth-order valence-corrected chi connectivity index (χ4v) is 3.25. The van der Waals surface area contributed by atoms with Gasteiger partial charge in [0.25, 0.3) is 0 Å². The molecule has 0 bridgehead atoms. The smallest absolute Gasteiger partial charge is 0.303 e. The third-order valence-electron chi connectivity index (χ3n) is 4.89. The summed E-state index contributed by atoms with van der Waals surface area (Å²) in [5.74, 6) is 0.269. The number of hydrogen-bond donors (Lipinski definition) is 1. The standard InChI is InChI=1S/C21H42O2/c1-3-4-5-11-14-17-20(2)18-15-12-9-7-6-8-10-13-16-19-21(22)23/h20H,3-19H2,1-2H3,(H,22,23). The molecule has 0 radical (unpaired) electrons. The van der Waals surface area contributed by atoms with Gasteiger partial charge in [0.15, 0.2) is 0 Å². The Morgan fingerprint density at radius 3 is 1.52 bits per heavy atom. The van der Waals surface area contributed by atoms with Crippen LogP contribution in [0.5, 0.6) is 0 Å². The lowest BCUT2D eigenvalue weighted by molar-refractivity contribution is -0.137. The topological polar surface area (TPSA) is 37.3 Å². The monoisotopic (exact) mass is 326 g/mol. The molecule has 1 unspecified atom stereocenters. The lowest BCUT2D eigenvalue weighted by atomic mass is 9.96. The van der Waals surface area contributed by atoms with E-state index in [1.807, 2.05) is 0 Å². The average Bonchev–Trinajstić information content (AvgIpc) is 2.52. The Labute approximate surface area is 145 Å². The van der Waals surface area contributed by atoms with Gasteiger partial charge in [-0.15, -0.1) is 0 Å². The molecule has 0 saturated carbocycles. The maximum atomic E-state index is 10.4. The molecule has 0 aromatic heterocycles. The molecule has 0 aliphatic heterocycles. The van der Waals surface area contributed by atoms with E-state index in [9.17, 15) is 4.79 Å². The van der Waals surface area contributed by atoms with Gasteiger partial charge in [-0.25, -0.2) is 0 Å². The van der Waals surface area contributed by atoms with Gasteiger partial charge in [0.2, 0.25) is 0 Å². The van der Waals surface area contributed by atoms with Gasteiger partial charge in [-0.05, 0) is 12.3 Å². The van der Waals surface area contributed by atoms with Crippen molar-refractivity contribution in [3.63, 3.8) is 0 Å². The molecule has 0 fully saturated rings. The van der Waals surface area contributed by atoms with Crippen LogP contribution in [0.1, 0.15) is 123 Å². The second-order valence-electron chi connectivity index (χ2n) is 7.42. The number of carbonyl (C=O) groups is 1. The molecular formula is C21H42O2. The van der Waals surface area contributed by atoms with Gasteiger partial charge in [0, 0.05) is 6.42 Å². The normalized spacial score (nSPS) is 12.4. The molecule has 0 aliphatic rings. The lowest BCUT2D eigenvalue weighted by Crippen LogP contribution is -1.95. The fraction of sp³-hybridized carbons (Fsp3) is 0.952. The van der Waals surface area contributed by atoms with Crippen molar-refractivity contribution in [2.24, 2.45) is 5.92 Å². The summed E-state index contributed by atoms with van der Waals surface area (Å²) in [7, 11) is 0. The Hall–Kier alpha value is -0.530. The zero-order valence-electron chi connectivity index (χ0n) is 16.0. The molecule has 2 heteroatoms. The van der Waals surface area contributed by atoms with E-state index in [2.05, 4.69) is 13.8 Å². The third-order valence-corrected chi connectivity index (χ3v) is 4.89. The van der Waals surface area contributed by atoms with E-state index < -0.39 is 5.97 Å². The molecule has 0 heterocycles. The van der Waals surface area contributed by atoms with Crippen LogP contribution in [0.3, 0.4) is 0 Å². The van der Waals surface area contributed by atoms with E-state index in [0.717, 1.165) is 18.8 Å². The Bertz CT molecular complexity index is 250. The molecule has 1 atom stereocenters. The maximum absolute atomic E-state index is 10.4. The number of aliphatic carboxylic acids is 1. The summed E-state index contributed by atoms with van der Waals surface area (Å²) in [4.78, 5) is 10.4. The highest BCUT2D eigenvalue weighted by molar-refractivity contribution is 5.66. The number of hydrogen-bond acceptors (Lipinski definition) is 1. The van der Waals surface area contributed by atoms with E-state index in [-0.39, 0.29) is 0 Å². The molecule has 0 aromatic rings. The summed E-state index contributed by atoms with van der Waals surface area (Å²) in [6.45, 7) is 4.71. The summed E-state index contributed by atoms with van der Waals surface area (Å²) >= 11 is 0. The molecule has 138 valence electrons. The Balaban J connectivity index is 3.13. The third kappa shape index (κ3) is 19.4. The molecule has 0 spiro atoms. The zero-order valence-corrected chi connectivity index (χ0v) is 16.0. The van der Waals surface area contributed by atoms with Crippen molar-refractivity contribution < 1.29 is 9.90 Å². The molecule has 0 amide bonds. The van der Waals surface area contributed by atoms with Crippen molar-refractivity contribution in [3.05, 3.63) is 0 Å². The quantitative estimate of drug-likeness (QED) is 0.267. The minimum absolute atomic E-state index is 0.344. The van der Waals surface area contributed by atoms with E-state index >= 15 is 0 Å². The molecule has 0 saturated heterocycles. The van der Waals surface area contributed by atoms with Crippen molar-refractivity contribution in [1.29, 1.82) is 0 Å². The van der Waals surface area contributed by atoms with Crippen LogP contribution in [0.4, 0.5) is 0 Å². The van der Waals surface area contributed by atoms with Crippen molar-refractivity contribution >= 4 is 5.97 Å². The molecule has 1 N–H and O–H groups in total. The predicted molar refractivity (Wildman–Crippen MR) is 101 cm³/mol. The maximum Gasteiger partial charge on any atom is 0.303 e. The number of carboxylic acids is 1. The van der Waals surface area contributed by atoms with Crippen LogP contribution in [-0.2, 0) is 4.79 Å². The highest BCUT2D eigenvalue weighted by atomic mass is 16.4. The Kier molecular flexibility index (Phi) is 17.4. The van der Waals surface area contributed by atoms with Gasteiger partial charge in [-0.3, -0.25) is 4.79 Å². The van der Waals surface area contributed by atoms with Crippen LogP contribution in [0.2, 0.25) is 0 Å². The Morgan fingerprint density at radius 1 is 0.696 bits per heavy atom.